The molecule has 0 bridgehead atoms. The van der Waals surface area contributed by atoms with Crippen molar-refractivity contribution in [3.05, 3.63) is 17.5 Å². The summed E-state index contributed by atoms with van der Waals surface area (Å²) in [6, 6.07) is 0.141. The molecule has 2 N–H and O–H groups in total. The summed E-state index contributed by atoms with van der Waals surface area (Å²) in [5, 5.41) is 10.8. The zero-order valence-electron chi connectivity index (χ0n) is 11.7. The predicted molar refractivity (Wildman–Crippen MR) is 72.6 cm³/mol. The number of carbonyl (C=O) groups is 1. The van der Waals surface area contributed by atoms with Crippen LogP contribution in [0.3, 0.4) is 0 Å². The van der Waals surface area contributed by atoms with E-state index in [4.69, 9.17) is 0 Å². The summed E-state index contributed by atoms with van der Waals surface area (Å²) in [6.45, 7) is 3.77. The Balaban J connectivity index is 1.76. The fourth-order valence-electron chi connectivity index (χ4n) is 3.20. The summed E-state index contributed by atoms with van der Waals surface area (Å²) in [5.74, 6) is 0.180. The highest BCUT2D eigenvalue weighted by Gasteiger charge is 2.38. The van der Waals surface area contributed by atoms with Crippen LogP contribution in [0.25, 0.3) is 0 Å². The van der Waals surface area contributed by atoms with E-state index >= 15 is 0 Å². The minimum atomic E-state index is -0.250. The second-order valence-corrected chi connectivity index (χ2v) is 6.08. The number of carbonyl (C=O) groups excluding carboxylic acids is 1. The minimum Gasteiger partial charge on any atom is -0.349 e. The quantitative estimate of drug-likeness (QED) is 0.833. The van der Waals surface area contributed by atoms with Crippen LogP contribution in [0.15, 0.2) is 6.20 Å². The van der Waals surface area contributed by atoms with Gasteiger partial charge in [-0.1, -0.05) is 0 Å². The van der Waals surface area contributed by atoms with Crippen LogP contribution >= 0.6 is 0 Å². The molecular formula is C14H22N4O. The van der Waals surface area contributed by atoms with Crippen LogP contribution in [-0.2, 0) is 18.3 Å². The van der Waals surface area contributed by atoms with Crippen LogP contribution in [0, 0.1) is 5.41 Å². The molecular weight excluding hydrogens is 240 g/mol. The van der Waals surface area contributed by atoms with Crippen LogP contribution < -0.4 is 10.6 Å². The maximum Gasteiger partial charge on any atom is 0.227 e. The van der Waals surface area contributed by atoms with Crippen LogP contribution in [0.1, 0.15) is 43.5 Å². The highest BCUT2D eigenvalue weighted by Crippen LogP contribution is 2.31. The molecule has 0 aromatic carbocycles. The molecule has 1 aromatic rings. The Morgan fingerprint density at radius 2 is 2.47 bits per heavy atom. The number of aryl methyl sites for hydroxylation is 1. The molecule has 19 heavy (non-hydrogen) atoms. The molecule has 0 saturated carbocycles. The van der Waals surface area contributed by atoms with Crippen LogP contribution in [0.5, 0.6) is 0 Å². The van der Waals surface area contributed by atoms with Gasteiger partial charge in [-0.2, -0.15) is 5.10 Å². The molecule has 1 fully saturated rings. The van der Waals surface area contributed by atoms with Gasteiger partial charge in [0.2, 0.25) is 5.91 Å². The molecule has 1 aliphatic carbocycles. The summed E-state index contributed by atoms with van der Waals surface area (Å²) in [5.41, 5.74) is 2.22. The molecule has 1 saturated heterocycles. The topological polar surface area (TPSA) is 59.0 Å². The first kappa shape index (κ1) is 12.7. The zero-order valence-corrected chi connectivity index (χ0v) is 11.7. The number of amides is 1. The second-order valence-electron chi connectivity index (χ2n) is 6.08. The zero-order chi connectivity index (χ0) is 13.5. The molecule has 2 unspecified atom stereocenters. The molecule has 5 heteroatoms. The van der Waals surface area contributed by atoms with E-state index in [-0.39, 0.29) is 17.4 Å². The lowest BCUT2D eigenvalue weighted by molar-refractivity contribution is -0.130. The van der Waals surface area contributed by atoms with E-state index in [1.54, 1.807) is 0 Å². The van der Waals surface area contributed by atoms with E-state index < -0.39 is 0 Å². The molecule has 5 nitrogen and oxygen atoms in total. The number of hydrogen-bond donors (Lipinski definition) is 2. The third kappa shape index (κ3) is 2.16. The van der Waals surface area contributed by atoms with E-state index in [0.717, 1.165) is 38.8 Å². The molecule has 0 radical (unpaired) electrons. The highest BCUT2D eigenvalue weighted by molar-refractivity contribution is 5.83. The summed E-state index contributed by atoms with van der Waals surface area (Å²) < 4.78 is 1.94. The van der Waals surface area contributed by atoms with Gasteiger partial charge in [0.1, 0.15) is 0 Å². The standard InChI is InChI=1S/C14H22N4O/c1-14(6-7-15-9-14)13(19)17-11-4-3-5-12-10(11)8-16-18(12)2/h8,11,15H,3-7,9H2,1-2H3,(H,17,19). The van der Waals surface area contributed by atoms with E-state index in [2.05, 4.69) is 22.7 Å². The number of hydrogen-bond acceptors (Lipinski definition) is 3. The maximum absolute atomic E-state index is 12.5. The maximum atomic E-state index is 12.5. The summed E-state index contributed by atoms with van der Waals surface area (Å²) in [6.07, 6.45) is 6.04. The van der Waals surface area contributed by atoms with Gasteiger partial charge in [-0.3, -0.25) is 9.48 Å². The Labute approximate surface area is 113 Å². The number of aromatic nitrogens is 2. The number of nitrogens with one attached hydrogen (secondary N) is 2. The minimum absolute atomic E-state index is 0.141. The molecule has 1 aliphatic heterocycles. The van der Waals surface area contributed by atoms with Gasteiger partial charge in [0, 0.05) is 24.8 Å². The Kier molecular flexibility index (Phi) is 3.09. The summed E-state index contributed by atoms with van der Waals surface area (Å²) in [4.78, 5) is 12.5. The molecule has 3 rings (SSSR count). The lowest BCUT2D eigenvalue weighted by Gasteiger charge is -2.28. The smallest absolute Gasteiger partial charge is 0.227 e. The van der Waals surface area contributed by atoms with Crippen LogP contribution in [0.2, 0.25) is 0 Å². The molecule has 1 amide bonds. The SMILES string of the molecule is Cn1ncc2c1CCCC2NC(=O)C1(C)CCNC1. The van der Waals surface area contributed by atoms with Crippen molar-refractivity contribution in [2.75, 3.05) is 13.1 Å². The monoisotopic (exact) mass is 262 g/mol. The highest BCUT2D eigenvalue weighted by atomic mass is 16.2. The number of fused-ring (bicyclic) bond motifs is 1. The van der Waals surface area contributed by atoms with Crippen molar-refractivity contribution in [2.45, 2.75) is 38.6 Å². The van der Waals surface area contributed by atoms with Gasteiger partial charge in [-0.05, 0) is 39.2 Å². The second kappa shape index (κ2) is 4.63. The molecule has 2 atom stereocenters. The lowest BCUT2D eigenvalue weighted by Crippen LogP contribution is -2.42. The first-order valence-electron chi connectivity index (χ1n) is 7.13. The van der Waals surface area contributed by atoms with E-state index in [1.165, 1.54) is 11.3 Å². The van der Waals surface area contributed by atoms with Crippen molar-refractivity contribution in [3.8, 4) is 0 Å². The van der Waals surface area contributed by atoms with Gasteiger partial charge in [-0.25, -0.2) is 0 Å². The molecule has 0 spiro atoms. The van der Waals surface area contributed by atoms with Crippen molar-refractivity contribution in [3.63, 3.8) is 0 Å². The number of nitrogens with zero attached hydrogens (tertiary/aromatic N) is 2. The molecule has 104 valence electrons. The van der Waals surface area contributed by atoms with Gasteiger partial charge in [0.05, 0.1) is 17.7 Å². The van der Waals surface area contributed by atoms with E-state index in [1.807, 2.05) is 17.9 Å². The fraction of sp³-hybridized carbons (Fsp3) is 0.714. The van der Waals surface area contributed by atoms with Gasteiger partial charge in [0.15, 0.2) is 0 Å². The normalized spacial score (nSPS) is 30.1. The van der Waals surface area contributed by atoms with E-state index in [0.29, 0.717) is 0 Å². The Morgan fingerprint density at radius 1 is 1.63 bits per heavy atom. The third-order valence-electron chi connectivity index (χ3n) is 4.60. The fourth-order valence-corrected chi connectivity index (χ4v) is 3.20. The summed E-state index contributed by atoms with van der Waals surface area (Å²) >= 11 is 0. The van der Waals surface area contributed by atoms with E-state index in [9.17, 15) is 4.79 Å². The lowest BCUT2D eigenvalue weighted by atomic mass is 9.86. The van der Waals surface area contributed by atoms with Crippen molar-refractivity contribution in [2.24, 2.45) is 12.5 Å². The molecule has 1 aromatic heterocycles. The van der Waals surface area contributed by atoms with Gasteiger partial charge in [0.25, 0.3) is 0 Å². The Hall–Kier alpha value is -1.36. The van der Waals surface area contributed by atoms with Gasteiger partial charge < -0.3 is 10.6 Å². The predicted octanol–water partition coefficient (Wildman–Crippen LogP) is 0.913. The molecule has 2 aliphatic rings. The van der Waals surface area contributed by atoms with Crippen molar-refractivity contribution in [1.82, 2.24) is 20.4 Å². The Morgan fingerprint density at radius 3 is 3.21 bits per heavy atom. The summed E-state index contributed by atoms with van der Waals surface area (Å²) in [7, 11) is 1.98. The average molecular weight is 262 g/mol. The van der Waals surface area contributed by atoms with Crippen molar-refractivity contribution < 1.29 is 4.79 Å². The van der Waals surface area contributed by atoms with Gasteiger partial charge >= 0.3 is 0 Å². The van der Waals surface area contributed by atoms with Crippen LogP contribution in [-0.4, -0.2) is 28.8 Å². The van der Waals surface area contributed by atoms with Gasteiger partial charge in [-0.15, -0.1) is 0 Å². The van der Waals surface area contributed by atoms with Crippen LogP contribution in [0.4, 0.5) is 0 Å². The first-order chi connectivity index (χ1) is 9.10. The first-order valence-corrected chi connectivity index (χ1v) is 7.13. The number of rotatable bonds is 2. The molecule has 2 heterocycles. The third-order valence-corrected chi connectivity index (χ3v) is 4.60. The largest absolute Gasteiger partial charge is 0.349 e. The van der Waals surface area contributed by atoms with Crippen molar-refractivity contribution >= 4 is 5.91 Å². The average Bonchev–Trinajstić information content (AvgIpc) is 2.99. The Bertz CT molecular complexity index is 488. The van der Waals surface area contributed by atoms with Crippen molar-refractivity contribution in [1.29, 1.82) is 0 Å².